The number of rotatable bonds is 3. The summed E-state index contributed by atoms with van der Waals surface area (Å²) < 4.78 is 18.4. The van der Waals surface area contributed by atoms with Crippen LogP contribution in [0.4, 0.5) is 4.39 Å². The summed E-state index contributed by atoms with van der Waals surface area (Å²) in [4.78, 5) is 7.36. The number of hydrogen-bond donors (Lipinski definition) is 2. The molecule has 0 fully saturated rings. The summed E-state index contributed by atoms with van der Waals surface area (Å²) in [5.41, 5.74) is 7.79. The highest BCUT2D eigenvalue weighted by Gasteiger charge is 2.11. The van der Waals surface area contributed by atoms with Crippen molar-refractivity contribution in [2.75, 3.05) is 7.11 Å². The van der Waals surface area contributed by atoms with E-state index < -0.39 is 5.82 Å². The van der Waals surface area contributed by atoms with Gasteiger partial charge in [0.2, 0.25) is 0 Å². The molecule has 1 aromatic heterocycles. The molecule has 3 N–H and O–H groups in total. The van der Waals surface area contributed by atoms with Crippen molar-refractivity contribution >= 4 is 0 Å². The van der Waals surface area contributed by atoms with Gasteiger partial charge in [0.25, 0.3) is 0 Å². The number of imidazole rings is 1. The largest absolute Gasteiger partial charge is 0.494 e. The number of nitrogens with one attached hydrogen (secondary N) is 1. The third kappa shape index (κ3) is 2.14. The monoisotopic (exact) mass is 235 g/mol. The fourth-order valence-corrected chi connectivity index (χ4v) is 1.71. The Morgan fingerprint density at radius 2 is 2.24 bits per heavy atom. The van der Waals surface area contributed by atoms with E-state index in [2.05, 4.69) is 9.97 Å². The molecule has 0 radical (unpaired) electrons. The van der Waals surface area contributed by atoms with Crippen LogP contribution in [-0.2, 0) is 6.54 Å². The first-order valence-electron chi connectivity index (χ1n) is 5.25. The molecule has 0 aliphatic heterocycles. The van der Waals surface area contributed by atoms with Gasteiger partial charge in [-0.05, 0) is 25.1 Å². The van der Waals surface area contributed by atoms with E-state index >= 15 is 0 Å². The second-order valence-electron chi connectivity index (χ2n) is 3.71. The topological polar surface area (TPSA) is 63.9 Å². The van der Waals surface area contributed by atoms with Crippen LogP contribution in [0.25, 0.3) is 11.3 Å². The minimum Gasteiger partial charge on any atom is -0.494 e. The number of nitrogens with two attached hydrogens (primary N) is 1. The first-order valence-corrected chi connectivity index (χ1v) is 5.25. The summed E-state index contributed by atoms with van der Waals surface area (Å²) in [6.45, 7) is 2.21. The second-order valence-corrected chi connectivity index (χ2v) is 3.71. The third-order valence-corrected chi connectivity index (χ3v) is 2.55. The third-order valence-electron chi connectivity index (χ3n) is 2.55. The molecule has 1 aromatic carbocycles. The van der Waals surface area contributed by atoms with Crippen molar-refractivity contribution in [2.24, 2.45) is 5.73 Å². The maximum Gasteiger partial charge on any atom is 0.165 e. The molecule has 0 aliphatic carbocycles. The van der Waals surface area contributed by atoms with Crippen LogP contribution in [-0.4, -0.2) is 17.1 Å². The van der Waals surface area contributed by atoms with Crippen molar-refractivity contribution in [3.63, 3.8) is 0 Å². The number of aromatic nitrogens is 2. The average Bonchev–Trinajstić information content (AvgIpc) is 2.70. The van der Waals surface area contributed by atoms with Gasteiger partial charge in [-0.15, -0.1) is 0 Å². The first kappa shape index (κ1) is 11.6. The number of hydrogen-bond acceptors (Lipinski definition) is 3. The predicted molar refractivity (Wildman–Crippen MR) is 63.2 cm³/mol. The standard InChI is InChI=1S/C12H14FN3O/c1-7-12(16-11(6-14)15-7)8-3-4-10(17-2)9(13)5-8/h3-5H,6,14H2,1-2H3,(H,15,16). The van der Waals surface area contributed by atoms with E-state index in [1.54, 1.807) is 12.1 Å². The van der Waals surface area contributed by atoms with Crippen molar-refractivity contribution in [1.29, 1.82) is 0 Å². The van der Waals surface area contributed by atoms with Crippen molar-refractivity contribution < 1.29 is 9.13 Å². The fourth-order valence-electron chi connectivity index (χ4n) is 1.71. The summed E-state index contributed by atoms with van der Waals surface area (Å²) in [5.74, 6) is 0.511. The molecule has 0 spiro atoms. The number of halogens is 1. The zero-order valence-electron chi connectivity index (χ0n) is 9.75. The molecule has 2 rings (SSSR count). The number of benzene rings is 1. The molecule has 90 valence electrons. The molecule has 0 bridgehead atoms. The van der Waals surface area contributed by atoms with Crippen LogP contribution in [0.3, 0.4) is 0 Å². The van der Waals surface area contributed by atoms with Crippen molar-refractivity contribution in [3.05, 3.63) is 35.5 Å². The number of ether oxygens (including phenoxy) is 1. The highest BCUT2D eigenvalue weighted by molar-refractivity contribution is 5.63. The lowest BCUT2D eigenvalue weighted by atomic mass is 10.1. The number of H-pyrrole nitrogens is 1. The SMILES string of the molecule is COc1ccc(-c2nc(CN)[nH]c2C)cc1F. The molecule has 5 heteroatoms. The van der Waals surface area contributed by atoms with Crippen LogP contribution in [0.5, 0.6) is 5.75 Å². The zero-order chi connectivity index (χ0) is 12.4. The fraction of sp³-hybridized carbons (Fsp3) is 0.250. The van der Waals surface area contributed by atoms with Gasteiger partial charge in [-0.2, -0.15) is 0 Å². The van der Waals surface area contributed by atoms with Crippen LogP contribution in [0.2, 0.25) is 0 Å². The maximum atomic E-state index is 13.6. The van der Waals surface area contributed by atoms with Gasteiger partial charge < -0.3 is 15.5 Å². The van der Waals surface area contributed by atoms with E-state index in [0.717, 1.165) is 5.69 Å². The number of nitrogens with zero attached hydrogens (tertiary/aromatic N) is 1. The summed E-state index contributed by atoms with van der Waals surface area (Å²) >= 11 is 0. The van der Waals surface area contributed by atoms with Gasteiger partial charge in [0.05, 0.1) is 19.3 Å². The minimum atomic E-state index is -0.401. The van der Waals surface area contributed by atoms with E-state index in [-0.39, 0.29) is 5.75 Å². The smallest absolute Gasteiger partial charge is 0.165 e. The Morgan fingerprint density at radius 3 is 2.76 bits per heavy atom. The molecule has 0 aliphatic rings. The quantitative estimate of drug-likeness (QED) is 0.855. The lowest BCUT2D eigenvalue weighted by Gasteiger charge is -2.03. The van der Waals surface area contributed by atoms with Crippen LogP contribution >= 0.6 is 0 Å². The lowest BCUT2D eigenvalue weighted by molar-refractivity contribution is 0.386. The predicted octanol–water partition coefficient (Wildman–Crippen LogP) is 1.99. The molecule has 1 heterocycles. The van der Waals surface area contributed by atoms with E-state index in [1.165, 1.54) is 13.2 Å². The second kappa shape index (κ2) is 4.55. The van der Waals surface area contributed by atoms with Crippen molar-refractivity contribution in [2.45, 2.75) is 13.5 Å². The van der Waals surface area contributed by atoms with Crippen molar-refractivity contribution in [1.82, 2.24) is 9.97 Å². The summed E-state index contributed by atoms with van der Waals surface area (Å²) in [5, 5.41) is 0. The first-order chi connectivity index (χ1) is 8.15. The maximum absolute atomic E-state index is 13.6. The summed E-state index contributed by atoms with van der Waals surface area (Å²) in [6.07, 6.45) is 0. The van der Waals surface area contributed by atoms with Gasteiger partial charge in [-0.3, -0.25) is 0 Å². The molecule has 0 unspecified atom stereocenters. The molecule has 0 atom stereocenters. The van der Waals surface area contributed by atoms with E-state index in [1.807, 2.05) is 6.92 Å². The van der Waals surface area contributed by atoms with Gasteiger partial charge in [0.15, 0.2) is 11.6 Å². The Morgan fingerprint density at radius 1 is 1.47 bits per heavy atom. The summed E-state index contributed by atoms with van der Waals surface area (Å²) in [7, 11) is 1.43. The van der Waals surface area contributed by atoms with Gasteiger partial charge >= 0.3 is 0 Å². The number of aromatic amines is 1. The Labute approximate surface area is 98.6 Å². The van der Waals surface area contributed by atoms with Crippen LogP contribution in [0.1, 0.15) is 11.5 Å². The molecule has 17 heavy (non-hydrogen) atoms. The van der Waals surface area contributed by atoms with Crippen LogP contribution < -0.4 is 10.5 Å². The van der Waals surface area contributed by atoms with Crippen LogP contribution in [0.15, 0.2) is 18.2 Å². The molecule has 0 saturated carbocycles. The number of aryl methyl sites for hydroxylation is 1. The molecular weight excluding hydrogens is 221 g/mol. The van der Waals surface area contributed by atoms with Crippen LogP contribution in [0, 0.1) is 12.7 Å². The van der Waals surface area contributed by atoms with Gasteiger partial charge in [0, 0.05) is 11.3 Å². The molecule has 0 saturated heterocycles. The van der Waals surface area contributed by atoms with Gasteiger partial charge in [-0.25, -0.2) is 9.37 Å². The van der Waals surface area contributed by atoms with Crippen molar-refractivity contribution in [3.8, 4) is 17.0 Å². The minimum absolute atomic E-state index is 0.223. The normalized spacial score (nSPS) is 10.6. The Hall–Kier alpha value is -1.88. The van der Waals surface area contributed by atoms with Gasteiger partial charge in [-0.1, -0.05) is 0 Å². The highest BCUT2D eigenvalue weighted by Crippen LogP contribution is 2.26. The molecule has 4 nitrogen and oxygen atoms in total. The average molecular weight is 235 g/mol. The zero-order valence-corrected chi connectivity index (χ0v) is 9.75. The van der Waals surface area contributed by atoms with E-state index in [9.17, 15) is 4.39 Å². The highest BCUT2D eigenvalue weighted by atomic mass is 19.1. The lowest BCUT2D eigenvalue weighted by Crippen LogP contribution is -1.98. The Kier molecular flexibility index (Phi) is 3.10. The molecule has 2 aromatic rings. The Bertz CT molecular complexity index is 537. The molecular formula is C12H14FN3O. The van der Waals surface area contributed by atoms with Gasteiger partial charge in [0.1, 0.15) is 5.82 Å². The Balaban J connectivity index is 2.45. The van der Waals surface area contributed by atoms with E-state index in [4.69, 9.17) is 10.5 Å². The van der Waals surface area contributed by atoms with E-state index in [0.29, 0.717) is 23.6 Å². The number of methoxy groups -OCH3 is 1. The molecule has 0 amide bonds. The summed E-state index contributed by atoms with van der Waals surface area (Å²) in [6, 6.07) is 4.76.